The van der Waals surface area contributed by atoms with Gasteiger partial charge in [0.05, 0.1) is 0 Å². The number of ether oxygens (including phenoxy) is 1. The van der Waals surface area contributed by atoms with Crippen LogP contribution in [0.15, 0.2) is 60.7 Å². The molecule has 0 spiro atoms. The third kappa shape index (κ3) is 3.37. The molecule has 0 N–H and O–H groups in total. The van der Waals surface area contributed by atoms with E-state index in [0.29, 0.717) is 16.1 Å². The van der Waals surface area contributed by atoms with Crippen molar-refractivity contribution in [2.24, 2.45) is 0 Å². The van der Waals surface area contributed by atoms with Gasteiger partial charge in [-0.1, -0.05) is 60.1 Å². The van der Waals surface area contributed by atoms with Crippen LogP contribution in [-0.4, -0.2) is 29.9 Å². The van der Waals surface area contributed by atoms with Crippen LogP contribution in [0.5, 0.6) is 0 Å². The number of ketones is 1. The van der Waals surface area contributed by atoms with Gasteiger partial charge in [0.15, 0.2) is 5.78 Å². The van der Waals surface area contributed by atoms with Gasteiger partial charge >= 0.3 is 6.09 Å². The highest BCUT2D eigenvalue weighted by Gasteiger charge is 2.40. The Morgan fingerprint density at radius 2 is 1.69 bits per heavy atom. The molecule has 3 aromatic carbocycles. The smallest absolute Gasteiger partial charge is 0.410 e. The second kappa shape index (κ2) is 8.06. The van der Waals surface area contributed by atoms with E-state index < -0.39 is 18.0 Å². The summed E-state index contributed by atoms with van der Waals surface area (Å²) in [6.07, 6.45) is -0.415. The predicted octanol–water partition coefficient (Wildman–Crippen LogP) is 6.05. The van der Waals surface area contributed by atoms with E-state index in [1.165, 1.54) is 17.0 Å². The fraction of sp³-hybridized carbons (Fsp3) is 0.231. The van der Waals surface area contributed by atoms with E-state index >= 15 is 0 Å². The molecule has 2 aliphatic rings. The average Bonchev–Trinajstić information content (AvgIpc) is 3.33. The molecule has 4 nitrogen and oxygen atoms in total. The Morgan fingerprint density at radius 1 is 1.06 bits per heavy atom. The minimum Gasteiger partial charge on any atom is -0.448 e. The topological polar surface area (TPSA) is 46.6 Å². The first kappa shape index (κ1) is 20.7. The molecule has 1 saturated heterocycles. The number of hydrogen-bond acceptors (Lipinski definition) is 3. The SMILES string of the molecule is Cc1cc(F)cc([C@@H]2C(=O)CCN2C(=O)OCC2c3ccccc3-c3ccccc32)c1Cl. The zero-order valence-corrected chi connectivity index (χ0v) is 18.2. The van der Waals surface area contributed by atoms with E-state index in [0.717, 1.165) is 22.3 Å². The highest BCUT2D eigenvalue weighted by atomic mass is 35.5. The Kier molecular flexibility index (Phi) is 5.22. The average molecular weight is 450 g/mol. The summed E-state index contributed by atoms with van der Waals surface area (Å²) in [6, 6.07) is 17.8. The van der Waals surface area contributed by atoms with Gasteiger partial charge in [-0.05, 0) is 46.9 Å². The summed E-state index contributed by atoms with van der Waals surface area (Å²) in [5, 5.41) is 0.295. The predicted molar refractivity (Wildman–Crippen MR) is 120 cm³/mol. The fourth-order valence-electron chi connectivity index (χ4n) is 4.84. The lowest BCUT2D eigenvalue weighted by Gasteiger charge is -2.25. The Bertz CT molecular complexity index is 1200. The van der Waals surface area contributed by atoms with Crippen molar-refractivity contribution in [3.63, 3.8) is 0 Å². The second-order valence-electron chi connectivity index (χ2n) is 8.24. The minimum atomic E-state index is -0.937. The van der Waals surface area contributed by atoms with E-state index in [1.54, 1.807) is 6.92 Å². The van der Waals surface area contributed by atoms with E-state index in [1.807, 2.05) is 36.4 Å². The van der Waals surface area contributed by atoms with Crippen molar-refractivity contribution >= 4 is 23.5 Å². The van der Waals surface area contributed by atoms with Crippen molar-refractivity contribution in [2.75, 3.05) is 13.2 Å². The highest BCUT2D eigenvalue weighted by Crippen LogP contribution is 2.45. The molecule has 1 atom stereocenters. The molecule has 5 rings (SSSR count). The van der Waals surface area contributed by atoms with Crippen molar-refractivity contribution in [1.29, 1.82) is 0 Å². The summed E-state index contributed by atoms with van der Waals surface area (Å²) in [6.45, 7) is 2.04. The Hall–Kier alpha value is -3.18. The van der Waals surface area contributed by atoms with Gasteiger partial charge in [0.2, 0.25) is 0 Å². The van der Waals surface area contributed by atoms with Crippen LogP contribution in [0.3, 0.4) is 0 Å². The van der Waals surface area contributed by atoms with E-state index in [9.17, 15) is 14.0 Å². The maximum atomic E-state index is 14.0. The van der Waals surface area contributed by atoms with Crippen LogP contribution in [0.25, 0.3) is 11.1 Å². The van der Waals surface area contributed by atoms with Crippen LogP contribution >= 0.6 is 11.6 Å². The largest absolute Gasteiger partial charge is 0.448 e. The van der Waals surface area contributed by atoms with Gasteiger partial charge in [0.25, 0.3) is 0 Å². The number of carbonyl (C=O) groups excluding carboxylic acids is 2. The molecule has 0 bridgehead atoms. The van der Waals surface area contributed by atoms with Crippen LogP contribution < -0.4 is 0 Å². The van der Waals surface area contributed by atoms with Crippen LogP contribution in [0.2, 0.25) is 5.02 Å². The first-order valence-electron chi connectivity index (χ1n) is 10.6. The van der Waals surface area contributed by atoms with Gasteiger partial charge in [0, 0.05) is 29.5 Å². The number of nitrogens with zero attached hydrogens (tertiary/aromatic N) is 1. The van der Waals surface area contributed by atoms with Gasteiger partial charge in [-0.25, -0.2) is 9.18 Å². The van der Waals surface area contributed by atoms with Gasteiger partial charge in [-0.2, -0.15) is 0 Å². The van der Waals surface area contributed by atoms with Crippen LogP contribution in [0, 0.1) is 12.7 Å². The normalized spacial score (nSPS) is 17.4. The molecule has 162 valence electrons. The summed E-state index contributed by atoms with van der Waals surface area (Å²) in [5.41, 5.74) is 5.33. The molecule has 32 heavy (non-hydrogen) atoms. The first-order chi connectivity index (χ1) is 15.5. The molecule has 1 heterocycles. The minimum absolute atomic E-state index is 0.0805. The molecule has 0 unspecified atom stereocenters. The zero-order chi connectivity index (χ0) is 22.4. The number of hydrogen-bond donors (Lipinski definition) is 0. The second-order valence-corrected chi connectivity index (χ2v) is 8.62. The quantitative estimate of drug-likeness (QED) is 0.488. The zero-order valence-electron chi connectivity index (χ0n) is 17.5. The molecule has 3 aromatic rings. The molecular weight excluding hydrogens is 429 g/mol. The Labute approximate surface area is 190 Å². The third-order valence-corrected chi connectivity index (χ3v) is 6.84. The number of halogens is 2. The molecular formula is C26H21ClFNO3. The molecule has 0 radical (unpaired) electrons. The number of carbonyl (C=O) groups is 2. The number of fused-ring (bicyclic) bond motifs is 3. The Morgan fingerprint density at radius 3 is 2.34 bits per heavy atom. The van der Waals surface area contributed by atoms with Gasteiger partial charge in [-0.15, -0.1) is 0 Å². The number of benzene rings is 3. The number of rotatable bonds is 3. The van der Waals surface area contributed by atoms with Crippen molar-refractivity contribution in [1.82, 2.24) is 4.90 Å². The van der Waals surface area contributed by atoms with Crippen LogP contribution in [0.4, 0.5) is 9.18 Å². The standard InChI is InChI=1S/C26H21ClFNO3/c1-15-12-16(28)13-21(24(15)27)25-23(30)10-11-29(25)26(31)32-14-22-19-8-4-2-6-17(19)18-7-3-5-9-20(18)22/h2-9,12-13,22,25H,10-11,14H2,1H3/t25-/m1/s1. The third-order valence-electron chi connectivity index (χ3n) is 6.33. The highest BCUT2D eigenvalue weighted by molar-refractivity contribution is 6.32. The number of Topliss-reactive ketones (excluding diaryl/α,β-unsaturated/α-hetero) is 1. The van der Waals surface area contributed by atoms with Crippen molar-refractivity contribution in [2.45, 2.75) is 25.3 Å². The molecule has 0 aromatic heterocycles. The summed E-state index contributed by atoms with van der Waals surface area (Å²) < 4.78 is 19.8. The number of amides is 1. The van der Waals surface area contributed by atoms with E-state index in [4.69, 9.17) is 16.3 Å². The molecule has 0 saturated carbocycles. The van der Waals surface area contributed by atoms with E-state index in [-0.39, 0.29) is 31.3 Å². The number of likely N-dealkylation sites (tertiary alicyclic amines) is 1. The van der Waals surface area contributed by atoms with Crippen molar-refractivity contribution < 1.29 is 18.7 Å². The lowest BCUT2D eigenvalue weighted by atomic mass is 9.98. The molecule has 1 aliphatic heterocycles. The lowest BCUT2D eigenvalue weighted by molar-refractivity contribution is -0.119. The van der Waals surface area contributed by atoms with Gasteiger partial charge < -0.3 is 4.74 Å². The molecule has 6 heteroatoms. The van der Waals surface area contributed by atoms with Crippen molar-refractivity contribution in [3.05, 3.63) is 93.8 Å². The van der Waals surface area contributed by atoms with Crippen LogP contribution in [-0.2, 0) is 9.53 Å². The van der Waals surface area contributed by atoms with Crippen molar-refractivity contribution in [3.8, 4) is 11.1 Å². The summed E-state index contributed by atoms with van der Waals surface area (Å²) in [4.78, 5) is 27.0. The Balaban J connectivity index is 1.39. The molecule has 1 aliphatic carbocycles. The lowest BCUT2D eigenvalue weighted by Crippen LogP contribution is -2.34. The van der Waals surface area contributed by atoms with Crippen LogP contribution in [0.1, 0.15) is 40.6 Å². The van der Waals surface area contributed by atoms with Gasteiger partial charge in [-0.3, -0.25) is 9.69 Å². The molecule has 1 fully saturated rings. The van der Waals surface area contributed by atoms with Gasteiger partial charge in [0.1, 0.15) is 18.5 Å². The maximum absolute atomic E-state index is 14.0. The summed E-state index contributed by atoms with van der Waals surface area (Å²) in [5.74, 6) is -0.748. The fourth-order valence-corrected chi connectivity index (χ4v) is 5.05. The van der Waals surface area contributed by atoms with E-state index in [2.05, 4.69) is 12.1 Å². The monoisotopic (exact) mass is 449 g/mol. The summed E-state index contributed by atoms with van der Waals surface area (Å²) >= 11 is 6.38. The first-order valence-corrected chi connectivity index (χ1v) is 10.9. The summed E-state index contributed by atoms with van der Waals surface area (Å²) in [7, 11) is 0. The maximum Gasteiger partial charge on any atom is 0.410 e. The number of aryl methyl sites for hydroxylation is 1. The molecule has 1 amide bonds.